The van der Waals surface area contributed by atoms with E-state index in [0.29, 0.717) is 16.8 Å². The second-order valence-corrected chi connectivity index (χ2v) is 4.86. The summed E-state index contributed by atoms with van der Waals surface area (Å²) in [6, 6.07) is 9.16. The number of hydrogen-bond acceptors (Lipinski definition) is 7. The van der Waals surface area contributed by atoms with E-state index < -0.39 is 10.8 Å². The summed E-state index contributed by atoms with van der Waals surface area (Å²) in [4.78, 5) is 22.5. The van der Waals surface area contributed by atoms with Crippen LogP contribution in [0, 0.1) is 10.1 Å². The summed E-state index contributed by atoms with van der Waals surface area (Å²) in [5.74, 6) is -0.271. The Hall–Kier alpha value is -3.62. The van der Waals surface area contributed by atoms with Crippen molar-refractivity contribution in [3.8, 4) is 11.5 Å². The minimum Gasteiger partial charge on any atom is -0.493 e. The molecule has 3 N–H and O–H groups in total. The number of rotatable bonds is 6. The lowest BCUT2D eigenvalue weighted by Crippen LogP contribution is -2.17. The van der Waals surface area contributed by atoms with Gasteiger partial charge in [-0.3, -0.25) is 14.9 Å². The molecule has 0 unspecified atom stereocenters. The first-order valence-corrected chi connectivity index (χ1v) is 7.05. The lowest BCUT2D eigenvalue weighted by atomic mass is 10.2. The van der Waals surface area contributed by atoms with E-state index in [2.05, 4.69) is 10.5 Å². The Labute approximate surface area is 143 Å². The minimum absolute atomic E-state index is 0.00782. The maximum absolute atomic E-state index is 12.0. The van der Waals surface area contributed by atoms with Gasteiger partial charge in [0.2, 0.25) is 5.75 Å². The molecule has 9 nitrogen and oxygen atoms in total. The van der Waals surface area contributed by atoms with E-state index >= 15 is 0 Å². The van der Waals surface area contributed by atoms with Crippen molar-refractivity contribution in [3.63, 3.8) is 0 Å². The van der Waals surface area contributed by atoms with Crippen LogP contribution >= 0.6 is 0 Å². The molecule has 2 aromatic rings. The van der Waals surface area contributed by atoms with E-state index in [-0.39, 0.29) is 17.2 Å². The molecule has 0 atom stereocenters. The van der Waals surface area contributed by atoms with E-state index in [9.17, 15) is 14.9 Å². The van der Waals surface area contributed by atoms with E-state index in [0.717, 1.165) is 0 Å². The minimum atomic E-state index is -0.593. The lowest BCUT2D eigenvalue weighted by Gasteiger charge is -2.08. The van der Waals surface area contributed by atoms with Gasteiger partial charge in [0.25, 0.3) is 5.91 Å². The summed E-state index contributed by atoms with van der Waals surface area (Å²) >= 11 is 0. The highest BCUT2D eigenvalue weighted by Gasteiger charge is 2.21. The third-order valence-corrected chi connectivity index (χ3v) is 3.21. The molecule has 1 amide bonds. The van der Waals surface area contributed by atoms with E-state index in [1.54, 1.807) is 18.2 Å². The molecule has 25 heavy (non-hydrogen) atoms. The predicted octanol–water partition coefficient (Wildman–Crippen LogP) is 1.96. The van der Waals surface area contributed by atoms with Crippen molar-refractivity contribution in [1.29, 1.82) is 0 Å². The normalized spacial score (nSPS) is 10.5. The summed E-state index contributed by atoms with van der Waals surface area (Å²) in [7, 11) is 2.68. The zero-order chi connectivity index (χ0) is 18.4. The zero-order valence-corrected chi connectivity index (χ0v) is 13.6. The maximum atomic E-state index is 12.0. The molecule has 0 aliphatic rings. The van der Waals surface area contributed by atoms with Gasteiger partial charge in [0.05, 0.1) is 25.4 Å². The van der Waals surface area contributed by atoms with Crippen molar-refractivity contribution in [1.82, 2.24) is 5.43 Å². The number of hydrogen-bond donors (Lipinski definition) is 2. The molecule has 130 valence electrons. The Kier molecular flexibility index (Phi) is 5.51. The van der Waals surface area contributed by atoms with Gasteiger partial charge in [-0.05, 0) is 24.3 Å². The van der Waals surface area contributed by atoms with Crippen LogP contribution in [0.5, 0.6) is 11.5 Å². The van der Waals surface area contributed by atoms with E-state index in [1.165, 1.54) is 38.6 Å². The van der Waals surface area contributed by atoms with Crippen molar-refractivity contribution in [2.75, 3.05) is 20.0 Å². The fourth-order valence-electron chi connectivity index (χ4n) is 2.09. The molecule has 0 aliphatic carbocycles. The summed E-state index contributed by atoms with van der Waals surface area (Å²) in [6.45, 7) is 0. The standard InChI is InChI=1S/C16H16N4O5/c1-24-14-7-10(6-13(20(22)23)15(14)25-2)9-18-19-16(21)11-4-3-5-12(17)8-11/h3-9H,17H2,1-2H3,(H,19,21)/b18-9-. The van der Waals surface area contributed by atoms with E-state index in [1.807, 2.05) is 0 Å². The highest BCUT2D eigenvalue weighted by molar-refractivity contribution is 5.95. The average molecular weight is 344 g/mol. The topological polar surface area (TPSA) is 129 Å². The van der Waals surface area contributed by atoms with Crippen molar-refractivity contribution in [2.45, 2.75) is 0 Å². The first-order valence-electron chi connectivity index (χ1n) is 7.05. The number of ether oxygens (including phenoxy) is 2. The summed E-state index contributed by atoms with van der Waals surface area (Å²) in [6.07, 6.45) is 1.26. The number of nitrogens with zero attached hydrogens (tertiary/aromatic N) is 2. The third kappa shape index (κ3) is 4.22. The molecule has 0 spiro atoms. The molecule has 9 heteroatoms. The van der Waals surface area contributed by atoms with Gasteiger partial charge in [0.15, 0.2) is 5.75 Å². The second-order valence-electron chi connectivity index (χ2n) is 4.86. The van der Waals surface area contributed by atoms with E-state index in [4.69, 9.17) is 15.2 Å². The molecule has 0 aliphatic heterocycles. The molecular weight excluding hydrogens is 328 g/mol. The SMILES string of the molecule is COc1cc(/C=N\NC(=O)c2cccc(N)c2)cc([N+](=O)[O-])c1OC. The predicted molar refractivity (Wildman–Crippen MR) is 92.1 cm³/mol. The van der Waals surface area contributed by atoms with Crippen LogP contribution in [-0.2, 0) is 0 Å². The Morgan fingerprint density at radius 1 is 1.28 bits per heavy atom. The molecule has 0 saturated carbocycles. The van der Waals surface area contributed by atoms with Crippen molar-refractivity contribution >= 4 is 23.5 Å². The van der Waals surface area contributed by atoms with Crippen LogP contribution in [0.4, 0.5) is 11.4 Å². The first kappa shape index (κ1) is 17.7. The molecule has 0 aromatic heterocycles. The van der Waals surface area contributed by atoms with Gasteiger partial charge < -0.3 is 15.2 Å². The molecule has 0 heterocycles. The number of anilines is 1. The van der Waals surface area contributed by atoms with Gasteiger partial charge in [-0.25, -0.2) is 5.43 Å². The number of benzene rings is 2. The smallest absolute Gasteiger partial charge is 0.315 e. The fourth-order valence-corrected chi connectivity index (χ4v) is 2.09. The molecule has 0 radical (unpaired) electrons. The van der Waals surface area contributed by atoms with Crippen LogP contribution in [0.25, 0.3) is 0 Å². The highest BCUT2D eigenvalue weighted by atomic mass is 16.6. The Balaban J connectivity index is 2.22. The fraction of sp³-hybridized carbons (Fsp3) is 0.125. The number of nitrogens with one attached hydrogen (secondary N) is 1. The number of nitro groups is 1. The molecule has 2 rings (SSSR count). The van der Waals surface area contributed by atoms with Crippen LogP contribution in [-0.4, -0.2) is 31.3 Å². The van der Waals surface area contributed by atoms with Crippen LogP contribution in [0.3, 0.4) is 0 Å². The summed E-state index contributed by atoms with van der Waals surface area (Å²) in [5.41, 5.74) is 8.81. The largest absolute Gasteiger partial charge is 0.493 e. The molecular formula is C16H16N4O5. The van der Waals surface area contributed by atoms with Crippen LogP contribution in [0.2, 0.25) is 0 Å². The number of carbonyl (C=O) groups excluding carboxylic acids is 1. The molecule has 2 aromatic carbocycles. The number of nitrogen functional groups attached to an aromatic ring is 1. The number of methoxy groups -OCH3 is 2. The third-order valence-electron chi connectivity index (χ3n) is 3.21. The molecule has 0 fully saturated rings. The number of nitro benzene ring substituents is 1. The van der Waals surface area contributed by atoms with Crippen LogP contribution < -0.4 is 20.6 Å². The quantitative estimate of drug-likeness (QED) is 0.357. The summed E-state index contributed by atoms with van der Waals surface area (Å²) < 4.78 is 10.1. The Morgan fingerprint density at radius 2 is 2.04 bits per heavy atom. The Morgan fingerprint density at radius 3 is 2.64 bits per heavy atom. The first-order chi connectivity index (χ1) is 12.0. The van der Waals surface area contributed by atoms with Crippen molar-refractivity contribution in [2.24, 2.45) is 5.10 Å². The lowest BCUT2D eigenvalue weighted by molar-refractivity contribution is -0.385. The molecule has 0 bridgehead atoms. The maximum Gasteiger partial charge on any atom is 0.315 e. The van der Waals surface area contributed by atoms with Crippen LogP contribution in [0.1, 0.15) is 15.9 Å². The highest BCUT2D eigenvalue weighted by Crippen LogP contribution is 2.37. The number of carbonyl (C=O) groups is 1. The average Bonchev–Trinajstić information content (AvgIpc) is 2.60. The molecule has 0 saturated heterocycles. The van der Waals surface area contributed by atoms with Gasteiger partial charge in [0, 0.05) is 22.9 Å². The van der Waals surface area contributed by atoms with Gasteiger partial charge in [-0.1, -0.05) is 6.07 Å². The van der Waals surface area contributed by atoms with Crippen molar-refractivity contribution < 1.29 is 19.2 Å². The number of hydrazone groups is 1. The Bertz CT molecular complexity index is 835. The van der Waals surface area contributed by atoms with Crippen LogP contribution in [0.15, 0.2) is 41.5 Å². The van der Waals surface area contributed by atoms with Gasteiger partial charge in [0.1, 0.15) is 0 Å². The van der Waals surface area contributed by atoms with Gasteiger partial charge in [-0.2, -0.15) is 5.10 Å². The summed E-state index contributed by atoms with van der Waals surface area (Å²) in [5, 5.41) is 14.9. The zero-order valence-electron chi connectivity index (χ0n) is 13.6. The van der Waals surface area contributed by atoms with Gasteiger partial charge >= 0.3 is 5.69 Å². The second kappa shape index (κ2) is 7.77. The number of amides is 1. The van der Waals surface area contributed by atoms with Crippen molar-refractivity contribution in [3.05, 3.63) is 57.6 Å². The van der Waals surface area contributed by atoms with Gasteiger partial charge in [-0.15, -0.1) is 0 Å². The number of nitrogens with two attached hydrogens (primary N) is 1. The monoisotopic (exact) mass is 344 g/mol.